The van der Waals surface area contributed by atoms with Crippen LogP contribution in [0, 0.1) is 5.82 Å². The van der Waals surface area contributed by atoms with Crippen LogP contribution in [0.15, 0.2) is 23.1 Å². The molecule has 2 heterocycles. The Hall–Kier alpha value is -1.51. The maximum absolute atomic E-state index is 13.8. The lowest BCUT2D eigenvalue weighted by Gasteiger charge is -2.29. The molecule has 132 valence electrons. The minimum Gasteiger partial charge on any atom is -0.462 e. The Morgan fingerprint density at radius 3 is 2.58 bits per heavy atom. The zero-order valence-electron chi connectivity index (χ0n) is 13.4. The molecule has 2 N–H and O–H groups in total. The van der Waals surface area contributed by atoms with Gasteiger partial charge in [-0.3, -0.25) is 0 Å². The smallest absolute Gasteiger partial charge is 0.338 e. The second-order valence-corrected chi connectivity index (χ2v) is 8.04. The Labute approximate surface area is 140 Å². The van der Waals surface area contributed by atoms with Gasteiger partial charge >= 0.3 is 5.97 Å². The van der Waals surface area contributed by atoms with Crippen molar-refractivity contribution in [1.82, 2.24) is 10.0 Å². The summed E-state index contributed by atoms with van der Waals surface area (Å²) >= 11 is 0. The van der Waals surface area contributed by atoms with Gasteiger partial charge < -0.3 is 10.1 Å². The third kappa shape index (κ3) is 3.76. The van der Waals surface area contributed by atoms with Gasteiger partial charge in [0.25, 0.3) is 0 Å². The minimum absolute atomic E-state index is 0.109. The molecule has 6 nitrogen and oxygen atoms in total. The predicted octanol–water partition coefficient (Wildman–Crippen LogP) is 1.56. The van der Waals surface area contributed by atoms with Crippen LogP contribution >= 0.6 is 0 Å². The fourth-order valence-corrected chi connectivity index (χ4v) is 4.81. The number of piperidine rings is 1. The molecule has 2 aliphatic heterocycles. The third-order valence-corrected chi connectivity index (χ3v) is 5.99. The molecule has 2 bridgehead atoms. The van der Waals surface area contributed by atoms with Gasteiger partial charge in [0.1, 0.15) is 5.82 Å². The van der Waals surface area contributed by atoms with Gasteiger partial charge in [-0.25, -0.2) is 22.3 Å². The summed E-state index contributed by atoms with van der Waals surface area (Å²) in [7, 11) is -3.90. The molecule has 8 heteroatoms. The number of benzene rings is 1. The van der Waals surface area contributed by atoms with E-state index in [1.807, 2.05) is 0 Å². The first-order chi connectivity index (χ1) is 11.4. The molecule has 2 atom stereocenters. The summed E-state index contributed by atoms with van der Waals surface area (Å²) in [4.78, 5) is 11.5. The number of hydrogen-bond donors (Lipinski definition) is 2. The van der Waals surface area contributed by atoms with E-state index in [9.17, 15) is 17.6 Å². The Morgan fingerprint density at radius 2 is 1.96 bits per heavy atom. The third-order valence-electron chi connectivity index (χ3n) is 4.49. The summed E-state index contributed by atoms with van der Waals surface area (Å²) < 4.78 is 46.4. The van der Waals surface area contributed by atoms with Crippen molar-refractivity contribution in [3.8, 4) is 0 Å². The van der Waals surface area contributed by atoms with E-state index < -0.39 is 21.8 Å². The number of esters is 1. The van der Waals surface area contributed by atoms with Gasteiger partial charge in [0.2, 0.25) is 10.0 Å². The van der Waals surface area contributed by atoms with Crippen molar-refractivity contribution >= 4 is 16.0 Å². The highest BCUT2D eigenvalue weighted by Gasteiger charge is 2.35. The highest BCUT2D eigenvalue weighted by atomic mass is 32.2. The number of ether oxygens (including phenoxy) is 1. The molecule has 2 unspecified atom stereocenters. The largest absolute Gasteiger partial charge is 0.462 e. The number of carbonyl (C=O) groups is 1. The van der Waals surface area contributed by atoms with Crippen LogP contribution < -0.4 is 10.0 Å². The summed E-state index contributed by atoms with van der Waals surface area (Å²) in [6.07, 6.45) is 3.54. The van der Waals surface area contributed by atoms with Crippen LogP contribution in [0.4, 0.5) is 4.39 Å². The Balaban J connectivity index is 1.80. The van der Waals surface area contributed by atoms with E-state index in [-0.39, 0.29) is 23.1 Å². The van der Waals surface area contributed by atoms with Crippen molar-refractivity contribution in [2.24, 2.45) is 0 Å². The summed E-state index contributed by atoms with van der Waals surface area (Å²) in [5.41, 5.74) is -0.109. The molecule has 3 rings (SSSR count). The van der Waals surface area contributed by atoms with Gasteiger partial charge in [-0.15, -0.1) is 0 Å². The lowest BCUT2D eigenvalue weighted by Crippen LogP contribution is -2.47. The number of halogens is 1. The highest BCUT2D eigenvalue weighted by Crippen LogP contribution is 2.28. The molecule has 2 aliphatic rings. The number of nitrogens with one attached hydrogen (secondary N) is 2. The molecule has 0 amide bonds. The molecule has 0 spiro atoms. The monoisotopic (exact) mass is 356 g/mol. The van der Waals surface area contributed by atoms with Crippen molar-refractivity contribution in [1.29, 1.82) is 0 Å². The van der Waals surface area contributed by atoms with Crippen molar-refractivity contribution in [3.05, 3.63) is 29.6 Å². The second-order valence-electron chi connectivity index (χ2n) is 6.32. The van der Waals surface area contributed by atoms with E-state index in [0.29, 0.717) is 12.1 Å². The van der Waals surface area contributed by atoms with Crippen molar-refractivity contribution in [2.45, 2.75) is 55.6 Å². The topological polar surface area (TPSA) is 84.5 Å². The molecular formula is C16H21FN2O4S. The minimum atomic E-state index is -3.90. The van der Waals surface area contributed by atoms with Crippen LogP contribution in [-0.2, 0) is 14.8 Å². The number of carbonyl (C=O) groups excluding carboxylic acids is 1. The van der Waals surface area contributed by atoms with E-state index in [1.54, 1.807) is 6.92 Å². The molecule has 0 aliphatic carbocycles. The lowest BCUT2D eigenvalue weighted by molar-refractivity contribution is 0.0525. The van der Waals surface area contributed by atoms with Crippen LogP contribution in [0.5, 0.6) is 0 Å². The van der Waals surface area contributed by atoms with E-state index in [2.05, 4.69) is 10.0 Å². The number of fused-ring (bicyclic) bond motifs is 2. The molecule has 2 saturated heterocycles. The number of sulfonamides is 1. The van der Waals surface area contributed by atoms with E-state index in [1.165, 1.54) is 0 Å². The number of hydrogen-bond acceptors (Lipinski definition) is 5. The first kappa shape index (κ1) is 17.3. The highest BCUT2D eigenvalue weighted by molar-refractivity contribution is 7.89. The van der Waals surface area contributed by atoms with Crippen LogP contribution in [0.2, 0.25) is 0 Å². The molecule has 1 aromatic rings. The first-order valence-corrected chi connectivity index (χ1v) is 9.62. The fraction of sp³-hybridized carbons (Fsp3) is 0.562. The first-order valence-electron chi connectivity index (χ1n) is 8.13. The number of rotatable bonds is 5. The molecule has 2 fully saturated rings. The molecule has 0 saturated carbocycles. The zero-order chi connectivity index (χ0) is 17.3. The summed E-state index contributed by atoms with van der Waals surface area (Å²) in [6, 6.07) is 3.53. The van der Waals surface area contributed by atoms with Gasteiger partial charge in [0.05, 0.1) is 17.1 Å². The summed E-state index contributed by atoms with van der Waals surface area (Å²) in [5, 5.41) is 3.44. The molecule has 0 aromatic heterocycles. The Morgan fingerprint density at radius 1 is 1.29 bits per heavy atom. The second kappa shape index (κ2) is 6.78. The fourth-order valence-electron chi connectivity index (χ4n) is 3.49. The van der Waals surface area contributed by atoms with Crippen LogP contribution in [0.25, 0.3) is 0 Å². The van der Waals surface area contributed by atoms with Crippen LogP contribution in [-0.4, -0.2) is 39.1 Å². The maximum atomic E-state index is 13.8. The van der Waals surface area contributed by atoms with Crippen molar-refractivity contribution in [3.63, 3.8) is 0 Å². The van der Waals surface area contributed by atoms with Gasteiger partial charge in [0.15, 0.2) is 0 Å². The van der Waals surface area contributed by atoms with Gasteiger partial charge in [-0.05, 0) is 50.8 Å². The molecule has 1 aromatic carbocycles. The van der Waals surface area contributed by atoms with E-state index >= 15 is 0 Å². The SMILES string of the molecule is CCOC(=O)c1cc(F)cc(S(=O)(=O)NC2CC3CCC(C2)N3)c1. The summed E-state index contributed by atoms with van der Waals surface area (Å²) in [5.74, 6) is -1.53. The molecule has 24 heavy (non-hydrogen) atoms. The zero-order valence-corrected chi connectivity index (χ0v) is 14.2. The standard InChI is InChI=1S/C16H21FN2O4S/c1-2-23-16(20)10-5-11(17)7-15(6-10)24(21,22)19-14-8-12-3-4-13(9-14)18-12/h5-7,12-14,18-19H,2-4,8-9H2,1H3. The van der Waals surface area contributed by atoms with Crippen LogP contribution in [0.1, 0.15) is 43.0 Å². The average Bonchev–Trinajstić information content (AvgIpc) is 2.85. The normalized spacial score (nSPS) is 26.3. The lowest BCUT2D eigenvalue weighted by atomic mass is 10.0. The van der Waals surface area contributed by atoms with Gasteiger partial charge in [-0.2, -0.15) is 0 Å². The Bertz CT molecular complexity index is 726. The van der Waals surface area contributed by atoms with Crippen LogP contribution in [0.3, 0.4) is 0 Å². The average molecular weight is 356 g/mol. The quantitative estimate of drug-likeness (QED) is 0.782. The van der Waals surface area contributed by atoms with Gasteiger partial charge in [-0.1, -0.05) is 0 Å². The molecule has 0 radical (unpaired) electrons. The van der Waals surface area contributed by atoms with Crippen molar-refractivity contribution < 1.29 is 22.3 Å². The van der Waals surface area contributed by atoms with E-state index in [0.717, 1.165) is 43.9 Å². The maximum Gasteiger partial charge on any atom is 0.338 e. The van der Waals surface area contributed by atoms with Crippen molar-refractivity contribution in [2.75, 3.05) is 6.61 Å². The molecular weight excluding hydrogens is 335 g/mol. The summed E-state index contributed by atoms with van der Waals surface area (Å²) in [6.45, 7) is 1.76. The Kier molecular flexibility index (Phi) is 4.89. The van der Waals surface area contributed by atoms with Gasteiger partial charge in [0, 0.05) is 18.1 Å². The van der Waals surface area contributed by atoms with E-state index in [4.69, 9.17) is 4.74 Å². The predicted molar refractivity (Wildman–Crippen MR) is 85.6 cm³/mol.